The van der Waals surface area contributed by atoms with Gasteiger partial charge in [-0.3, -0.25) is 20.4 Å². The molecule has 0 spiro atoms. The molecule has 0 radical (unpaired) electrons. The van der Waals surface area contributed by atoms with Gasteiger partial charge in [0.15, 0.2) is 5.03 Å². The highest BCUT2D eigenvalue weighted by Gasteiger charge is 2.32. The predicted molar refractivity (Wildman–Crippen MR) is 96.7 cm³/mol. The van der Waals surface area contributed by atoms with Gasteiger partial charge in [0, 0.05) is 20.3 Å². The van der Waals surface area contributed by atoms with Crippen molar-refractivity contribution >= 4 is 26.9 Å². The monoisotopic (exact) mass is 410 g/mol. The number of hydrogen-bond acceptors (Lipinski definition) is 10. The van der Waals surface area contributed by atoms with E-state index in [1.54, 1.807) is 0 Å². The highest BCUT2D eigenvalue weighted by molar-refractivity contribution is 8.06. The van der Waals surface area contributed by atoms with Crippen LogP contribution in [0.25, 0.3) is 0 Å². The molecule has 0 atom stereocenters. The van der Waals surface area contributed by atoms with E-state index in [9.17, 15) is 18.0 Å². The normalized spacial score (nSPS) is 10.7. The SMILES string of the molecule is COc1cc(OC)nc(NNC(=O)S(=O)(=O)c2ncccc2C(=O)N(C)C)n1. The zero-order chi connectivity index (χ0) is 20.9. The molecule has 0 aliphatic carbocycles. The van der Waals surface area contributed by atoms with Crippen LogP contribution in [0.2, 0.25) is 0 Å². The summed E-state index contributed by atoms with van der Waals surface area (Å²) in [6, 6.07) is 4.04. The largest absolute Gasteiger partial charge is 0.481 e. The molecule has 0 fully saturated rings. The van der Waals surface area contributed by atoms with Gasteiger partial charge in [0.1, 0.15) is 0 Å². The fourth-order valence-corrected chi connectivity index (χ4v) is 2.95. The van der Waals surface area contributed by atoms with Crippen molar-refractivity contribution in [2.75, 3.05) is 33.7 Å². The average Bonchev–Trinajstić information content (AvgIpc) is 2.70. The molecule has 2 heterocycles. The molecule has 13 heteroatoms. The molecular formula is C15H18N6O6S. The molecule has 2 amide bonds. The molecule has 2 N–H and O–H groups in total. The minimum absolute atomic E-state index is 0.120. The van der Waals surface area contributed by atoms with Crippen molar-refractivity contribution in [1.29, 1.82) is 0 Å². The molecule has 2 aromatic heterocycles. The number of nitrogens with zero attached hydrogens (tertiary/aromatic N) is 4. The number of methoxy groups -OCH3 is 2. The lowest BCUT2D eigenvalue weighted by atomic mass is 10.2. The van der Waals surface area contributed by atoms with E-state index < -0.39 is 26.0 Å². The van der Waals surface area contributed by atoms with Gasteiger partial charge in [-0.1, -0.05) is 0 Å². The first-order valence-electron chi connectivity index (χ1n) is 7.65. The van der Waals surface area contributed by atoms with E-state index in [1.807, 2.05) is 5.43 Å². The highest BCUT2D eigenvalue weighted by atomic mass is 32.2. The number of carbonyl (C=O) groups is 2. The number of hydrazine groups is 1. The Labute approximate surface area is 160 Å². The van der Waals surface area contributed by atoms with Gasteiger partial charge < -0.3 is 14.4 Å². The number of ether oxygens (including phenoxy) is 2. The Bertz CT molecular complexity index is 972. The smallest absolute Gasteiger partial charge is 0.361 e. The summed E-state index contributed by atoms with van der Waals surface area (Å²) in [7, 11) is 0.972. The molecule has 0 unspecified atom stereocenters. The van der Waals surface area contributed by atoms with E-state index in [4.69, 9.17) is 9.47 Å². The molecule has 2 aromatic rings. The summed E-state index contributed by atoms with van der Waals surface area (Å²) in [5.41, 5.74) is 3.98. The molecule has 0 bridgehead atoms. The lowest BCUT2D eigenvalue weighted by Gasteiger charge is -2.13. The second kappa shape index (κ2) is 8.47. The Kier molecular flexibility index (Phi) is 6.30. The van der Waals surface area contributed by atoms with Crippen molar-refractivity contribution in [3.05, 3.63) is 30.0 Å². The Morgan fingerprint density at radius 2 is 1.71 bits per heavy atom. The fraction of sp³-hybridized carbons (Fsp3) is 0.267. The van der Waals surface area contributed by atoms with Gasteiger partial charge in [0.05, 0.1) is 25.8 Å². The van der Waals surface area contributed by atoms with Gasteiger partial charge in [-0.2, -0.15) is 9.97 Å². The first-order chi connectivity index (χ1) is 13.2. The quantitative estimate of drug-likeness (QED) is 0.627. The van der Waals surface area contributed by atoms with Crippen molar-refractivity contribution in [3.63, 3.8) is 0 Å². The Morgan fingerprint density at radius 3 is 2.25 bits per heavy atom. The third-order valence-corrected chi connectivity index (χ3v) is 4.70. The molecule has 0 aliphatic rings. The van der Waals surface area contributed by atoms with Gasteiger partial charge in [-0.15, -0.1) is 0 Å². The summed E-state index contributed by atoms with van der Waals surface area (Å²) >= 11 is 0. The van der Waals surface area contributed by atoms with Crippen LogP contribution in [0.4, 0.5) is 10.7 Å². The number of hydrogen-bond donors (Lipinski definition) is 2. The van der Waals surface area contributed by atoms with Crippen molar-refractivity contribution in [3.8, 4) is 11.8 Å². The number of rotatable bonds is 6. The third-order valence-electron chi connectivity index (χ3n) is 3.28. The standard InChI is InChI=1S/C15H18N6O6S/c1-21(2)13(22)9-6-5-7-16-12(9)28(24,25)15(23)20-19-14-17-10(26-3)8-11(18-14)27-4/h5-8H,1-4H3,(H,20,23)(H,17,18,19). The highest BCUT2D eigenvalue weighted by Crippen LogP contribution is 2.18. The van der Waals surface area contributed by atoms with Crippen LogP contribution in [-0.2, 0) is 9.84 Å². The molecule has 0 saturated heterocycles. The van der Waals surface area contributed by atoms with Gasteiger partial charge in [-0.25, -0.2) is 13.4 Å². The number of amides is 2. The van der Waals surface area contributed by atoms with Crippen LogP contribution >= 0.6 is 0 Å². The third kappa shape index (κ3) is 4.43. The van der Waals surface area contributed by atoms with E-state index in [0.717, 1.165) is 6.20 Å². The molecule has 0 saturated carbocycles. The first kappa shape index (κ1) is 20.8. The molecule has 150 valence electrons. The zero-order valence-electron chi connectivity index (χ0n) is 15.5. The Hall–Kier alpha value is -3.48. The average molecular weight is 410 g/mol. The van der Waals surface area contributed by atoms with Crippen LogP contribution in [-0.4, -0.2) is 67.7 Å². The van der Waals surface area contributed by atoms with E-state index >= 15 is 0 Å². The maximum atomic E-state index is 12.6. The minimum atomic E-state index is -4.64. The van der Waals surface area contributed by atoms with Crippen LogP contribution in [0.3, 0.4) is 0 Å². The van der Waals surface area contributed by atoms with Gasteiger partial charge >= 0.3 is 5.24 Å². The second-order valence-corrected chi connectivity index (χ2v) is 7.14. The molecule has 2 rings (SSSR count). The summed E-state index contributed by atoms with van der Waals surface area (Å²) < 4.78 is 35.0. The fourth-order valence-electron chi connectivity index (χ4n) is 1.94. The first-order valence-corrected chi connectivity index (χ1v) is 9.13. The number of carbonyl (C=O) groups excluding carboxylic acids is 2. The summed E-state index contributed by atoms with van der Waals surface area (Å²) in [6.07, 6.45) is 1.16. The number of nitrogens with one attached hydrogen (secondary N) is 2. The van der Waals surface area contributed by atoms with Crippen molar-refractivity contribution in [1.82, 2.24) is 25.3 Å². The summed E-state index contributed by atoms with van der Waals surface area (Å²) in [4.78, 5) is 37.1. The van der Waals surface area contributed by atoms with Gasteiger partial charge in [0.2, 0.25) is 17.7 Å². The molecule has 12 nitrogen and oxygen atoms in total. The summed E-state index contributed by atoms with van der Waals surface area (Å²) in [5.74, 6) is -0.552. The van der Waals surface area contributed by atoms with Gasteiger partial charge in [0.25, 0.3) is 15.7 Å². The van der Waals surface area contributed by atoms with Crippen molar-refractivity contribution in [2.45, 2.75) is 5.03 Å². The topological polar surface area (TPSA) is 153 Å². The van der Waals surface area contributed by atoms with Gasteiger partial charge in [-0.05, 0) is 12.1 Å². The van der Waals surface area contributed by atoms with Crippen molar-refractivity contribution < 1.29 is 27.5 Å². The molecule has 28 heavy (non-hydrogen) atoms. The lowest BCUT2D eigenvalue weighted by molar-refractivity contribution is 0.0823. The minimum Gasteiger partial charge on any atom is -0.481 e. The molecule has 0 aliphatic heterocycles. The Morgan fingerprint density at radius 1 is 1.11 bits per heavy atom. The van der Waals surface area contributed by atoms with E-state index in [0.29, 0.717) is 0 Å². The lowest BCUT2D eigenvalue weighted by Crippen LogP contribution is -2.36. The number of pyridine rings is 1. The second-order valence-electron chi connectivity index (χ2n) is 5.37. The van der Waals surface area contributed by atoms with Crippen molar-refractivity contribution in [2.24, 2.45) is 0 Å². The van der Waals surface area contributed by atoms with Crippen LogP contribution < -0.4 is 20.3 Å². The van der Waals surface area contributed by atoms with Crippen LogP contribution in [0, 0.1) is 0 Å². The molecule has 0 aromatic carbocycles. The van der Waals surface area contributed by atoms with E-state index in [1.165, 1.54) is 51.4 Å². The van der Waals surface area contributed by atoms with E-state index in [-0.39, 0.29) is 23.3 Å². The number of aromatic nitrogens is 3. The predicted octanol–water partition coefficient (Wildman–Crippen LogP) is 0.101. The summed E-state index contributed by atoms with van der Waals surface area (Å²) in [6.45, 7) is 0. The molecular weight excluding hydrogens is 392 g/mol. The number of sulfone groups is 1. The zero-order valence-corrected chi connectivity index (χ0v) is 16.3. The van der Waals surface area contributed by atoms with Crippen LogP contribution in [0.5, 0.6) is 11.8 Å². The summed E-state index contributed by atoms with van der Waals surface area (Å²) in [5, 5.41) is -2.12. The Balaban J connectivity index is 2.27. The maximum Gasteiger partial charge on any atom is 0.361 e. The van der Waals surface area contributed by atoms with Crippen LogP contribution in [0.15, 0.2) is 29.4 Å². The number of anilines is 1. The maximum absolute atomic E-state index is 12.6. The van der Waals surface area contributed by atoms with Crippen LogP contribution in [0.1, 0.15) is 10.4 Å². The van der Waals surface area contributed by atoms with E-state index in [2.05, 4.69) is 20.4 Å².